The summed E-state index contributed by atoms with van der Waals surface area (Å²) in [5, 5.41) is 2.24. The van der Waals surface area contributed by atoms with Gasteiger partial charge in [-0.15, -0.1) is 0 Å². The Balaban J connectivity index is 1.02. The fourth-order valence-corrected chi connectivity index (χ4v) is 13.4. The Labute approximate surface area is 431 Å². The summed E-state index contributed by atoms with van der Waals surface area (Å²) in [4.78, 5) is 2.46. The van der Waals surface area contributed by atoms with E-state index in [1.54, 1.807) is 0 Å². The average molecular weight is 948 g/mol. The van der Waals surface area contributed by atoms with Gasteiger partial charge in [-0.3, -0.25) is 0 Å². The van der Waals surface area contributed by atoms with Gasteiger partial charge in [-0.2, -0.15) is 0 Å². The normalized spacial score (nSPS) is 16.0. The smallest absolute Gasteiger partial charge is 0.136 e. The van der Waals surface area contributed by atoms with Gasteiger partial charge in [0.1, 0.15) is 22.7 Å². The fourth-order valence-electron chi connectivity index (χ4n) is 13.4. The molecular weight excluding hydrogens is 899 g/mol. The first-order valence-corrected chi connectivity index (χ1v) is 25.7. The second kappa shape index (κ2) is 15.7. The van der Waals surface area contributed by atoms with Crippen molar-refractivity contribution in [2.24, 2.45) is 0 Å². The van der Waals surface area contributed by atoms with Gasteiger partial charge in [0.15, 0.2) is 0 Å². The molecule has 0 bridgehead atoms. The van der Waals surface area contributed by atoms with E-state index in [0.29, 0.717) is 0 Å². The molecule has 2 heterocycles. The number of ether oxygens (including phenoxy) is 1. The minimum absolute atomic E-state index is 0.265. The van der Waals surface area contributed by atoms with Gasteiger partial charge in [0.05, 0.1) is 5.41 Å². The lowest BCUT2D eigenvalue weighted by Gasteiger charge is -2.36. The second-order valence-corrected chi connectivity index (χ2v) is 20.7. The van der Waals surface area contributed by atoms with Crippen LogP contribution >= 0.6 is 0 Å². The third-order valence-electron chi connectivity index (χ3n) is 16.6. The highest BCUT2D eigenvalue weighted by Crippen LogP contribution is 2.63. The largest absolute Gasteiger partial charge is 0.456 e. The Morgan fingerprint density at radius 1 is 0.405 bits per heavy atom. The van der Waals surface area contributed by atoms with Crippen molar-refractivity contribution < 1.29 is 9.15 Å². The molecule has 1 unspecified atom stereocenters. The molecule has 0 radical (unpaired) electrons. The van der Waals surface area contributed by atoms with Crippen molar-refractivity contribution in [3.63, 3.8) is 0 Å². The predicted molar refractivity (Wildman–Crippen MR) is 306 cm³/mol. The summed E-state index contributed by atoms with van der Waals surface area (Å²) in [7, 11) is 0. The van der Waals surface area contributed by atoms with Gasteiger partial charge >= 0.3 is 0 Å². The molecule has 3 aliphatic carbocycles. The second-order valence-electron chi connectivity index (χ2n) is 20.7. The van der Waals surface area contributed by atoms with Crippen LogP contribution in [0.15, 0.2) is 247 Å². The number of hydrogen-bond acceptors (Lipinski definition) is 3. The summed E-state index contributed by atoms with van der Waals surface area (Å²) in [6.45, 7) is 11.1. The molecule has 1 aromatic heterocycles. The molecule has 10 aromatic carbocycles. The zero-order valence-electron chi connectivity index (χ0n) is 41.4. The lowest BCUT2D eigenvalue weighted by molar-refractivity contribution is 0.488. The number of allylic oxidation sites excluding steroid dienone is 5. The summed E-state index contributed by atoms with van der Waals surface area (Å²) in [6.07, 6.45) is 6.43. The Morgan fingerprint density at radius 2 is 0.932 bits per heavy atom. The third-order valence-corrected chi connectivity index (χ3v) is 16.6. The van der Waals surface area contributed by atoms with Crippen LogP contribution in [0.25, 0.3) is 83.1 Å². The predicted octanol–water partition coefficient (Wildman–Crippen LogP) is 19.3. The maximum atomic E-state index is 6.85. The van der Waals surface area contributed by atoms with E-state index in [1.807, 2.05) is 12.1 Å². The molecule has 3 heteroatoms. The molecule has 4 aliphatic rings. The third kappa shape index (κ3) is 5.72. The molecule has 1 spiro atoms. The minimum atomic E-state index is -0.680. The van der Waals surface area contributed by atoms with E-state index in [1.165, 1.54) is 77.9 Å². The van der Waals surface area contributed by atoms with Crippen LogP contribution in [0.3, 0.4) is 0 Å². The van der Waals surface area contributed by atoms with Gasteiger partial charge in [-0.25, -0.2) is 0 Å². The van der Waals surface area contributed by atoms with E-state index in [2.05, 4.69) is 251 Å². The van der Waals surface area contributed by atoms with Gasteiger partial charge in [-0.05, 0) is 163 Å². The molecule has 0 fully saturated rings. The fraction of sp³-hybridized carbons (Fsp3) is 0.0704. The van der Waals surface area contributed by atoms with Gasteiger partial charge in [-0.1, -0.05) is 184 Å². The number of para-hydroxylation sites is 2. The Bertz CT molecular complexity index is 4310. The SMILES string of the molecule is C=CC1=C(/C=C\C)C(C)(C)c2cc(N(c3ccc4c(c3)-c3ccccc3-c3ccccc3O4)c3ccc4c(c3)-c3ccccc3-c3ccccc3C43c4ccccc4-c4cc5oc6ccccc6c5cc43)ccc21. The van der Waals surface area contributed by atoms with Crippen molar-refractivity contribution >= 4 is 44.6 Å². The van der Waals surface area contributed by atoms with Crippen LogP contribution in [0, 0.1) is 0 Å². The molecule has 3 nitrogen and oxygen atoms in total. The number of fused-ring (bicyclic) bond motifs is 21. The Kier molecular flexibility index (Phi) is 8.99. The number of furan rings is 1. The molecular formula is C71H49NO2. The van der Waals surface area contributed by atoms with E-state index in [0.717, 1.165) is 72.8 Å². The van der Waals surface area contributed by atoms with E-state index < -0.39 is 5.41 Å². The summed E-state index contributed by atoms with van der Waals surface area (Å²) >= 11 is 0. The summed E-state index contributed by atoms with van der Waals surface area (Å²) in [5.74, 6) is 1.67. The quantitative estimate of drug-likeness (QED) is 0.172. The van der Waals surface area contributed by atoms with Crippen LogP contribution in [0.2, 0.25) is 0 Å². The highest BCUT2D eigenvalue weighted by Gasteiger charge is 2.50. The summed E-state index contributed by atoms with van der Waals surface area (Å²) in [5.41, 5.74) is 25.6. The maximum Gasteiger partial charge on any atom is 0.136 e. The van der Waals surface area contributed by atoms with Crippen LogP contribution in [0.4, 0.5) is 17.1 Å². The number of rotatable bonds is 5. The van der Waals surface area contributed by atoms with Crippen LogP contribution < -0.4 is 9.64 Å². The molecule has 0 amide bonds. The zero-order chi connectivity index (χ0) is 49.5. The molecule has 11 aromatic rings. The number of nitrogens with zero attached hydrogens (tertiary/aromatic N) is 1. The van der Waals surface area contributed by atoms with Crippen LogP contribution in [0.5, 0.6) is 11.5 Å². The number of hydrogen-bond donors (Lipinski definition) is 0. The zero-order valence-corrected chi connectivity index (χ0v) is 41.4. The average Bonchev–Trinajstić information content (AvgIpc) is 3.98. The van der Waals surface area contributed by atoms with Crippen molar-refractivity contribution in [2.45, 2.75) is 31.6 Å². The maximum absolute atomic E-state index is 6.85. The highest BCUT2D eigenvalue weighted by atomic mass is 16.5. The van der Waals surface area contributed by atoms with E-state index in [-0.39, 0.29) is 5.41 Å². The van der Waals surface area contributed by atoms with Crippen molar-refractivity contribution in [3.05, 3.63) is 276 Å². The summed E-state index contributed by atoms with van der Waals surface area (Å²) < 4.78 is 13.5. The molecule has 350 valence electrons. The first kappa shape index (κ1) is 42.5. The molecule has 0 saturated carbocycles. The Morgan fingerprint density at radius 3 is 1.66 bits per heavy atom. The van der Waals surface area contributed by atoms with Crippen LogP contribution in [-0.2, 0) is 10.8 Å². The van der Waals surface area contributed by atoms with Gasteiger partial charge in [0.2, 0.25) is 0 Å². The van der Waals surface area contributed by atoms with Crippen molar-refractivity contribution in [2.75, 3.05) is 4.90 Å². The first-order chi connectivity index (χ1) is 36.4. The molecule has 74 heavy (non-hydrogen) atoms. The topological polar surface area (TPSA) is 25.6 Å². The molecule has 0 saturated heterocycles. The molecule has 15 rings (SSSR count). The van der Waals surface area contributed by atoms with Gasteiger partial charge in [0, 0.05) is 44.4 Å². The minimum Gasteiger partial charge on any atom is -0.456 e. The van der Waals surface area contributed by atoms with Crippen molar-refractivity contribution in [1.82, 2.24) is 0 Å². The Hall–Kier alpha value is -9.18. The standard InChI is InChI=1S/C71H49NO2/c1-5-19-60-46(6-2)53-35-32-45(40-64(53)70(60,3)4)72(44-34-37-68-58(39-44)50-23-10-8-21-48(50)54-26-13-17-30-66(54)73-68)43-33-36-63-56(38-43)49-22-9-7-20-47(49)51-24-11-15-28-61(51)71(63)62-29-16-12-25-52(62)57-42-69-59(41-65(57)71)55-27-14-18-31-67(55)74-69/h5-42H,2H2,1,3-4H3/b19-5-. The van der Waals surface area contributed by atoms with Gasteiger partial charge in [0.25, 0.3) is 0 Å². The lowest BCUT2D eigenvalue weighted by Crippen LogP contribution is -2.29. The molecule has 1 aliphatic heterocycles. The molecule has 1 atom stereocenters. The first-order valence-electron chi connectivity index (χ1n) is 25.7. The summed E-state index contributed by atoms with van der Waals surface area (Å²) in [6, 6.07) is 78.5. The van der Waals surface area contributed by atoms with Crippen molar-refractivity contribution in [1.29, 1.82) is 0 Å². The lowest BCUT2D eigenvalue weighted by atomic mass is 9.65. The molecule has 0 N–H and O–H groups in total. The van der Waals surface area contributed by atoms with Crippen LogP contribution in [0.1, 0.15) is 54.2 Å². The monoisotopic (exact) mass is 947 g/mol. The van der Waals surface area contributed by atoms with Crippen molar-refractivity contribution in [3.8, 4) is 67.1 Å². The number of anilines is 3. The van der Waals surface area contributed by atoms with Gasteiger partial charge < -0.3 is 14.1 Å². The van der Waals surface area contributed by atoms with E-state index in [4.69, 9.17) is 9.15 Å². The van der Waals surface area contributed by atoms with E-state index in [9.17, 15) is 0 Å². The highest BCUT2D eigenvalue weighted by molar-refractivity contribution is 6.09. The van der Waals surface area contributed by atoms with E-state index >= 15 is 0 Å². The number of benzene rings is 10. The van der Waals surface area contributed by atoms with Crippen LogP contribution in [-0.4, -0.2) is 0 Å².